The van der Waals surface area contributed by atoms with E-state index in [2.05, 4.69) is 0 Å². The first-order valence-electron chi connectivity index (χ1n) is 4.83. The fourth-order valence-electron chi connectivity index (χ4n) is 1.81. The summed E-state index contributed by atoms with van der Waals surface area (Å²) < 4.78 is 1.93. The molecule has 13 heavy (non-hydrogen) atoms. The van der Waals surface area contributed by atoms with E-state index in [0.717, 1.165) is 25.7 Å². The van der Waals surface area contributed by atoms with E-state index in [0.29, 0.717) is 5.03 Å². The van der Waals surface area contributed by atoms with Gasteiger partial charge in [-0.1, -0.05) is 0 Å². The number of hydrogen-bond acceptors (Lipinski definition) is 1. The van der Waals surface area contributed by atoms with E-state index in [9.17, 15) is 5.11 Å². The molecule has 1 N–H and O–H groups in total. The zero-order valence-corrected chi connectivity index (χ0v) is 14.7. The molecule has 0 aromatic carbocycles. The summed E-state index contributed by atoms with van der Waals surface area (Å²) in [5.41, 5.74) is -0.729. The zero-order valence-electron chi connectivity index (χ0n) is 7.73. The summed E-state index contributed by atoms with van der Waals surface area (Å²) in [7, 11) is 5.77. The molecule has 1 rings (SSSR count). The van der Waals surface area contributed by atoms with Gasteiger partial charge in [-0.2, -0.15) is 0 Å². The number of rotatable bonds is 2. The van der Waals surface area contributed by atoms with Crippen molar-refractivity contribution in [1.29, 1.82) is 0 Å². The molecule has 0 bridgehead atoms. The van der Waals surface area contributed by atoms with Crippen molar-refractivity contribution < 1.29 is 28.4 Å². The molecule has 1 nitrogen and oxygen atoms in total. The molecule has 0 aromatic rings. The Morgan fingerprint density at radius 2 is 1.77 bits per heavy atom. The van der Waals surface area contributed by atoms with Gasteiger partial charge in [0.05, 0.1) is 0 Å². The van der Waals surface area contributed by atoms with Crippen LogP contribution in [0.5, 0.6) is 0 Å². The van der Waals surface area contributed by atoms with Crippen molar-refractivity contribution in [3.63, 3.8) is 0 Å². The summed E-state index contributed by atoms with van der Waals surface area (Å²) in [6, 6.07) is 0. The molecule has 1 fully saturated rings. The van der Waals surface area contributed by atoms with Crippen LogP contribution in [0.1, 0.15) is 38.5 Å². The second-order valence-electron chi connectivity index (χ2n) is 3.65. The molecule has 72 valence electrons. The van der Waals surface area contributed by atoms with Crippen LogP contribution < -0.4 is 0 Å². The van der Waals surface area contributed by atoms with E-state index in [1.54, 1.807) is 0 Å². The molecule has 0 spiro atoms. The van der Waals surface area contributed by atoms with Gasteiger partial charge in [-0.05, 0) is 0 Å². The van der Waals surface area contributed by atoms with Crippen LogP contribution in [-0.4, -0.2) is 10.7 Å². The van der Waals surface area contributed by atoms with Gasteiger partial charge in [0, 0.05) is 0 Å². The van der Waals surface area contributed by atoms with Gasteiger partial charge in [0.25, 0.3) is 0 Å². The van der Waals surface area contributed by atoms with E-state index in [-0.39, 0.29) is 0 Å². The molecule has 1 saturated carbocycles. The van der Waals surface area contributed by atoms with Crippen molar-refractivity contribution in [1.82, 2.24) is 0 Å². The monoisotopic (exact) mass is 410 g/mol. The molecule has 0 aliphatic heterocycles. The van der Waals surface area contributed by atoms with Gasteiger partial charge in [0.2, 0.25) is 0 Å². The number of halogens is 2. The first kappa shape index (κ1) is 12.3. The SMILES string of the molecule is OC1(C(Cl)=[CH][Hg][Cl])CCCCCC1. The van der Waals surface area contributed by atoms with Crippen molar-refractivity contribution in [2.24, 2.45) is 0 Å². The van der Waals surface area contributed by atoms with Crippen molar-refractivity contribution in [3.05, 3.63) is 8.62 Å². The molecular weight excluding hydrogens is 396 g/mol. The Hall–Kier alpha value is 1.22. The third-order valence-electron chi connectivity index (χ3n) is 2.63. The fraction of sp³-hybridized carbons (Fsp3) is 0.778. The maximum atomic E-state index is 10.2. The first-order valence-corrected chi connectivity index (χ1v) is 15.2. The van der Waals surface area contributed by atoms with E-state index in [1.165, 1.54) is 12.8 Å². The molecule has 0 radical (unpaired) electrons. The van der Waals surface area contributed by atoms with Crippen molar-refractivity contribution in [2.45, 2.75) is 44.1 Å². The van der Waals surface area contributed by atoms with Crippen LogP contribution in [-0.2, 0) is 23.3 Å². The summed E-state index contributed by atoms with van der Waals surface area (Å²) >= 11 is 4.70. The van der Waals surface area contributed by atoms with Gasteiger partial charge in [0.1, 0.15) is 0 Å². The average Bonchev–Trinajstić information content (AvgIpc) is 2.32. The van der Waals surface area contributed by atoms with E-state index in [1.807, 2.05) is 3.58 Å². The summed E-state index contributed by atoms with van der Waals surface area (Å²) in [6.07, 6.45) is 6.23. The predicted molar refractivity (Wildman–Crippen MR) is 52.4 cm³/mol. The second kappa shape index (κ2) is 5.94. The van der Waals surface area contributed by atoms with Crippen LogP contribution in [0, 0.1) is 0 Å². The predicted octanol–water partition coefficient (Wildman–Crippen LogP) is 3.39. The average molecular weight is 410 g/mol. The van der Waals surface area contributed by atoms with Crippen LogP contribution in [0.15, 0.2) is 8.62 Å². The molecule has 0 aromatic heterocycles. The Balaban J connectivity index is 2.65. The van der Waals surface area contributed by atoms with Crippen LogP contribution in [0.25, 0.3) is 0 Å². The van der Waals surface area contributed by atoms with Gasteiger partial charge < -0.3 is 0 Å². The molecule has 4 heteroatoms. The second-order valence-corrected chi connectivity index (χ2v) is 9.55. The van der Waals surface area contributed by atoms with Gasteiger partial charge in [-0.25, -0.2) is 0 Å². The Kier molecular flexibility index (Phi) is 5.62. The maximum absolute atomic E-state index is 10.2. The third-order valence-corrected chi connectivity index (χ3v) is 7.68. The first-order chi connectivity index (χ1) is 6.19. The Morgan fingerprint density at radius 1 is 1.23 bits per heavy atom. The zero-order chi connectivity index (χ0) is 9.73. The summed E-state index contributed by atoms with van der Waals surface area (Å²) in [4.78, 5) is 0. The van der Waals surface area contributed by atoms with E-state index < -0.39 is 28.9 Å². The van der Waals surface area contributed by atoms with Crippen LogP contribution in [0.2, 0.25) is 0 Å². The quantitative estimate of drug-likeness (QED) is 0.547. The standard InChI is InChI=1S/C9H14ClO.ClH.Hg/c1-8(10)9(11)6-4-2-3-5-7-9;;/h1,11H,2-7H2;1H;/q;;+1/p-1. The minimum absolute atomic E-state index is 0.631. The van der Waals surface area contributed by atoms with Crippen molar-refractivity contribution >= 4 is 19.9 Å². The Labute approximate surface area is 100 Å². The Morgan fingerprint density at radius 3 is 2.23 bits per heavy atom. The molecule has 0 heterocycles. The van der Waals surface area contributed by atoms with Crippen molar-refractivity contribution in [3.8, 4) is 0 Å². The van der Waals surface area contributed by atoms with Crippen molar-refractivity contribution in [2.75, 3.05) is 0 Å². The van der Waals surface area contributed by atoms with Gasteiger partial charge in [-0.3, -0.25) is 0 Å². The third kappa shape index (κ3) is 3.69. The normalized spacial score (nSPS) is 23.5. The van der Waals surface area contributed by atoms with E-state index >= 15 is 0 Å². The summed E-state index contributed by atoms with van der Waals surface area (Å²) in [6.45, 7) is 0. The summed E-state index contributed by atoms with van der Waals surface area (Å²) in [5, 5.41) is 10.9. The van der Waals surface area contributed by atoms with Gasteiger partial charge in [-0.15, -0.1) is 0 Å². The summed E-state index contributed by atoms with van der Waals surface area (Å²) in [5.74, 6) is 0. The molecule has 0 atom stereocenters. The number of aliphatic hydroxyl groups is 1. The molecule has 0 saturated heterocycles. The molecule has 1 aliphatic carbocycles. The van der Waals surface area contributed by atoms with Crippen LogP contribution >= 0.6 is 19.9 Å². The Bertz CT molecular complexity index is 186. The van der Waals surface area contributed by atoms with Crippen LogP contribution in [0.4, 0.5) is 0 Å². The van der Waals surface area contributed by atoms with Gasteiger partial charge >= 0.3 is 101 Å². The molecular formula is C9H14Cl2HgO. The van der Waals surface area contributed by atoms with E-state index in [4.69, 9.17) is 19.9 Å². The van der Waals surface area contributed by atoms with Crippen LogP contribution in [0.3, 0.4) is 0 Å². The topological polar surface area (TPSA) is 20.2 Å². The van der Waals surface area contributed by atoms with Gasteiger partial charge in [0.15, 0.2) is 0 Å². The molecule has 0 amide bonds. The minimum atomic E-state index is -1.36. The molecule has 1 aliphatic rings. The molecule has 0 unspecified atom stereocenters. The number of hydrogen-bond donors (Lipinski definition) is 1. The fourth-order valence-corrected chi connectivity index (χ4v) is 6.73.